The Kier molecular flexibility index (Phi) is 7.59. The minimum absolute atomic E-state index is 0.0680. The van der Waals surface area contributed by atoms with Gasteiger partial charge in [-0.3, -0.25) is 9.59 Å². The molecule has 3 aromatic rings. The quantitative estimate of drug-likeness (QED) is 0.507. The van der Waals surface area contributed by atoms with Crippen molar-refractivity contribution in [1.29, 1.82) is 0 Å². The highest BCUT2D eigenvalue weighted by molar-refractivity contribution is 7.13. The van der Waals surface area contributed by atoms with E-state index < -0.39 is 0 Å². The third-order valence-electron chi connectivity index (χ3n) is 6.01. The molecule has 1 aliphatic rings. The normalized spacial score (nSPS) is 15.2. The number of benzene rings is 2. The van der Waals surface area contributed by atoms with Crippen LogP contribution in [0.2, 0.25) is 0 Å². The Hall–Kier alpha value is -3.23. The number of amides is 2. The van der Waals surface area contributed by atoms with Crippen molar-refractivity contribution < 1.29 is 19.1 Å². The van der Waals surface area contributed by atoms with Gasteiger partial charge in [0.05, 0.1) is 13.2 Å². The molecule has 34 heavy (non-hydrogen) atoms. The standard InChI is InChI=1S/C26H29N3O4S/c1-17-6-4-8-22(18(17)2)27-24(30)15-29(14-21-7-5-13-33-21)26(31)23-16-34-25(28-23)19-9-11-20(32-3)12-10-19/h4,6,8-12,16,21H,5,7,13-15H2,1-3H3,(H,27,30). The molecule has 7 nitrogen and oxygen atoms in total. The molecule has 0 aliphatic carbocycles. The molecule has 1 aliphatic heterocycles. The fourth-order valence-corrected chi connectivity index (χ4v) is 4.70. The lowest BCUT2D eigenvalue weighted by atomic mass is 10.1. The molecule has 0 saturated carbocycles. The maximum Gasteiger partial charge on any atom is 0.273 e. The van der Waals surface area contributed by atoms with Gasteiger partial charge in [0, 0.05) is 29.8 Å². The van der Waals surface area contributed by atoms with Gasteiger partial charge in [-0.2, -0.15) is 0 Å². The average molecular weight is 480 g/mol. The summed E-state index contributed by atoms with van der Waals surface area (Å²) >= 11 is 1.40. The molecule has 4 rings (SSSR count). The Morgan fingerprint density at radius 2 is 2.00 bits per heavy atom. The molecule has 0 spiro atoms. The number of carbonyl (C=O) groups is 2. The van der Waals surface area contributed by atoms with Crippen molar-refractivity contribution in [2.45, 2.75) is 32.8 Å². The van der Waals surface area contributed by atoms with Crippen LogP contribution < -0.4 is 10.1 Å². The van der Waals surface area contributed by atoms with Crippen molar-refractivity contribution in [1.82, 2.24) is 9.88 Å². The van der Waals surface area contributed by atoms with Gasteiger partial charge in [0.1, 0.15) is 23.0 Å². The molecule has 1 fully saturated rings. The number of aromatic nitrogens is 1. The van der Waals surface area contributed by atoms with Crippen LogP contribution in [0.5, 0.6) is 5.75 Å². The van der Waals surface area contributed by atoms with Crippen molar-refractivity contribution in [3.63, 3.8) is 0 Å². The fourth-order valence-electron chi connectivity index (χ4n) is 3.90. The van der Waals surface area contributed by atoms with E-state index in [4.69, 9.17) is 9.47 Å². The summed E-state index contributed by atoms with van der Waals surface area (Å²) in [5.74, 6) is 0.238. The van der Waals surface area contributed by atoms with Crippen LogP contribution >= 0.6 is 11.3 Å². The number of methoxy groups -OCH3 is 1. The maximum atomic E-state index is 13.4. The SMILES string of the molecule is COc1ccc(-c2nc(C(=O)N(CC(=O)Nc3cccc(C)c3C)CC3CCCO3)cs2)cc1. The van der Waals surface area contributed by atoms with Gasteiger partial charge in [0.2, 0.25) is 5.91 Å². The molecule has 2 amide bonds. The van der Waals surface area contributed by atoms with E-state index in [0.29, 0.717) is 18.8 Å². The monoisotopic (exact) mass is 479 g/mol. The summed E-state index contributed by atoms with van der Waals surface area (Å²) < 4.78 is 11.0. The van der Waals surface area contributed by atoms with Crippen LogP contribution in [-0.4, -0.2) is 54.6 Å². The molecule has 1 N–H and O–H groups in total. The van der Waals surface area contributed by atoms with Crippen molar-refractivity contribution in [2.24, 2.45) is 0 Å². The second-order valence-corrected chi connectivity index (χ2v) is 9.24. The molecular weight excluding hydrogens is 450 g/mol. The van der Waals surface area contributed by atoms with E-state index in [1.54, 1.807) is 17.4 Å². The van der Waals surface area contributed by atoms with E-state index in [9.17, 15) is 9.59 Å². The molecule has 2 heterocycles. The zero-order valence-corrected chi connectivity index (χ0v) is 20.5. The van der Waals surface area contributed by atoms with Crippen LogP contribution in [-0.2, 0) is 9.53 Å². The van der Waals surface area contributed by atoms with Gasteiger partial charge in [0.25, 0.3) is 5.91 Å². The second-order valence-electron chi connectivity index (χ2n) is 8.38. The van der Waals surface area contributed by atoms with Crippen molar-refractivity contribution >= 4 is 28.8 Å². The van der Waals surface area contributed by atoms with Crippen molar-refractivity contribution in [3.05, 3.63) is 64.7 Å². The van der Waals surface area contributed by atoms with Crippen LogP contribution in [0.15, 0.2) is 47.8 Å². The fraction of sp³-hybridized carbons (Fsp3) is 0.346. The van der Waals surface area contributed by atoms with E-state index in [1.807, 2.05) is 56.3 Å². The Morgan fingerprint density at radius 3 is 2.71 bits per heavy atom. The van der Waals surface area contributed by atoms with E-state index in [1.165, 1.54) is 11.3 Å². The predicted octanol–water partition coefficient (Wildman–Crippen LogP) is 4.70. The summed E-state index contributed by atoms with van der Waals surface area (Å²) in [6.45, 7) is 4.94. The summed E-state index contributed by atoms with van der Waals surface area (Å²) in [6, 6.07) is 13.3. The van der Waals surface area contributed by atoms with Gasteiger partial charge in [0.15, 0.2) is 0 Å². The van der Waals surface area contributed by atoms with Crippen LogP contribution in [0.3, 0.4) is 0 Å². The van der Waals surface area contributed by atoms with Crippen LogP contribution in [0.4, 0.5) is 5.69 Å². The van der Waals surface area contributed by atoms with E-state index >= 15 is 0 Å². The molecule has 2 aromatic carbocycles. The van der Waals surface area contributed by atoms with Gasteiger partial charge in [-0.05, 0) is 68.1 Å². The largest absolute Gasteiger partial charge is 0.497 e. The van der Waals surface area contributed by atoms with Crippen LogP contribution in [0.1, 0.15) is 34.5 Å². The molecule has 8 heteroatoms. The Bertz CT molecular complexity index is 1150. The zero-order valence-electron chi connectivity index (χ0n) is 19.7. The molecule has 1 aromatic heterocycles. The van der Waals surface area contributed by atoms with E-state index in [-0.39, 0.29) is 24.5 Å². The topological polar surface area (TPSA) is 80.8 Å². The number of hydrogen-bond donors (Lipinski definition) is 1. The third-order valence-corrected chi connectivity index (χ3v) is 6.90. The van der Waals surface area contributed by atoms with Crippen LogP contribution in [0, 0.1) is 13.8 Å². The Morgan fingerprint density at radius 1 is 1.21 bits per heavy atom. The number of thiazole rings is 1. The summed E-state index contributed by atoms with van der Waals surface area (Å²) in [5.41, 5.74) is 4.09. The van der Waals surface area contributed by atoms with Gasteiger partial charge in [-0.25, -0.2) is 4.98 Å². The zero-order chi connectivity index (χ0) is 24.1. The lowest BCUT2D eigenvalue weighted by Gasteiger charge is -2.24. The lowest BCUT2D eigenvalue weighted by molar-refractivity contribution is -0.117. The van der Waals surface area contributed by atoms with E-state index in [0.717, 1.165) is 46.0 Å². The number of carbonyl (C=O) groups excluding carboxylic acids is 2. The molecule has 178 valence electrons. The predicted molar refractivity (Wildman–Crippen MR) is 134 cm³/mol. The van der Waals surface area contributed by atoms with Gasteiger partial charge < -0.3 is 19.7 Å². The van der Waals surface area contributed by atoms with Gasteiger partial charge in [-0.15, -0.1) is 11.3 Å². The summed E-state index contributed by atoms with van der Waals surface area (Å²) in [7, 11) is 1.62. The number of rotatable bonds is 8. The summed E-state index contributed by atoms with van der Waals surface area (Å²) in [6.07, 6.45) is 1.76. The van der Waals surface area contributed by atoms with Crippen molar-refractivity contribution in [3.8, 4) is 16.3 Å². The molecule has 0 radical (unpaired) electrons. The number of ether oxygens (including phenoxy) is 2. The Balaban J connectivity index is 1.50. The molecule has 1 unspecified atom stereocenters. The number of aryl methyl sites for hydroxylation is 1. The molecule has 1 saturated heterocycles. The number of nitrogens with zero attached hydrogens (tertiary/aromatic N) is 2. The van der Waals surface area contributed by atoms with Crippen molar-refractivity contribution in [2.75, 3.05) is 32.1 Å². The highest BCUT2D eigenvalue weighted by atomic mass is 32.1. The maximum absolute atomic E-state index is 13.4. The highest BCUT2D eigenvalue weighted by Crippen LogP contribution is 2.26. The average Bonchev–Trinajstić information content (AvgIpc) is 3.54. The molecule has 0 bridgehead atoms. The first kappa shape index (κ1) is 23.9. The van der Waals surface area contributed by atoms with E-state index in [2.05, 4.69) is 10.3 Å². The summed E-state index contributed by atoms with van der Waals surface area (Å²) in [5, 5.41) is 5.43. The first-order valence-corrected chi connectivity index (χ1v) is 12.2. The number of hydrogen-bond acceptors (Lipinski definition) is 6. The Labute approximate surface area is 203 Å². The lowest BCUT2D eigenvalue weighted by Crippen LogP contribution is -2.42. The molecule has 1 atom stereocenters. The summed E-state index contributed by atoms with van der Waals surface area (Å²) in [4.78, 5) is 32.4. The van der Waals surface area contributed by atoms with Crippen LogP contribution in [0.25, 0.3) is 10.6 Å². The van der Waals surface area contributed by atoms with Gasteiger partial charge >= 0.3 is 0 Å². The molecular formula is C26H29N3O4S. The highest BCUT2D eigenvalue weighted by Gasteiger charge is 2.27. The first-order valence-electron chi connectivity index (χ1n) is 11.3. The third kappa shape index (κ3) is 5.63. The first-order chi connectivity index (χ1) is 16.4. The minimum atomic E-state index is -0.275. The number of anilines is 1. The number of nitrogens with one attached hydrogen (secondary N) is 1. The van der Waals surface area contributed by atoms with Gasteiger partial charge in [-0.1, -0.05) is 12.1 Å². The second kappa shape index (κ2) is 10.8. The smallest absolute Gasteiger partial charge is 0.273 e. The minimum Gasteiger partial charge on any atom is -0.497 e.